The minimum Gasteiger partial charge on any atom is -0.396 e. The highest BCUT2D eigenvalue weighted by molar-refractivity contribution is 5.77. The number of hydrogen-bond donors (Lipinski definition) is 2. The molecular formula is C11H21NO2. The molecule has 2 N–H and O–H groups in total. The maximum Gasteiger partial charge on any atom is 0.220 e. The molecule has 0 aromatic heterocycles. The number of nitrogens with one attached hydrogen (secondary N) is 1. The zero-order chi connectivity index (χ0) is 10.6. The second kappa shape index (κ2) is 4.78. The summed E-state index contributed by atoms with van der Waals surface area (Å²) < 4.78 is 0. The van der Waals surface area contributed by atoms with Crippen LogP contribution in [0.4, 0.5) is 0 Å². The van der Waals surface area contributed by atoms with Crippen LogP contribution >= 0.6 is 0 Å². The molecule has 1 rings (SSSR count). The van der Waals surface area contributed by atoms with Crippen molar-refractivity contribution in [2.75, 3.05) is 6.61 Å². The van der Waals surface area contributed by atoms with Gasteiger partial charge in [-0.1, -0.05) is 6.92 Å². The normalized spacial score (nSPS) is 20.2. The fourth-order valence-corrected chi connectivity index (χ4v) is 1.55. The van der Waals surface area contributed by atoms with Crippen LogP contribution in [-0.4, -0.2) is 23.2 Å². The lowest BCUT2D eigenvalue weighted by atomic mass is 9.94. The molecule has 1 atom stereocenters. The maximum absolute atomic E-state index is 11.6. The van der Waals surface area contributed by atoms with Gasteiger partial charge in [0.15, 0.2) is 0 Å². The molecule has 82 valence electrons. The van der Waals surface area contributed by atoms with Gasteiger partial charge < -0.3 is 10.4 Å². The summed E-state index contributed by atoms with van der Waals surface area (Å²) in [6, 6.07) is 0. The molecule has 0 saturated heterocycles. The van der Waals surface area contributed by atoms with E-state index in [1.54, 1.807) is 0 Å². The van der Waals surface area contributed by atoms with Gasteiger partial charge >= 0.3 is 0 Å². The summed E-state index contributed by atoms with van der Waals surface area (Å²) >= 11 is 0. The first kappa shape index (κ1) is 11.5. The summed E-state index contributed by atoms with van der Waals surface area (Å²) in [5.41, 5.74) is -0.222. The third kappa shape index (κ3) is 3.66. The van der Waals surface area contributed by atoms with Crippen LogP contribution in [0.25, 0.3) is 0 Å². The van der Waals surface area contributed by atoms with E-state index in [-0.39, 0.29) is 18.1 Å². The Bertz CT molecular complexity index is 201. The molecule has 0 aromatic carbocycles. The van der Waals surface area contributed by atoms with Crippen molar-refractivity contribution < 1.29 is 9.90 Å². The minimum absolute atomic E-state index is 0.133. The second-order valence-electron chi connectivity index (χ2n) is 4.58. The number of aliphatic hydroxyl groups excluding tert-OH is 1. The van der Waals surface area contributed by atoms with E-state index in [0.29, 0.717) is 18.8 Å². The Morgan fingerprint density at radius 2 is 2.21 bits per heavy atom. The van der Waals surface area contributed by atoms with Gasteiger partial charge in [0.05, 0.1) is 0 Å². The number of carbonyl (C=O) groups excluding carboxylic acids is 1. The molecule has 0 aliphatic heterocycles. The van der Waals surface area contributed by atoms with E-state index in [9.17, 15) is 4.79 Å². The number of carbonyl (C=O) groups is 1. The highest BCUT2D eigenvalue weighted by Gasteiger charge is 2.28. The molecule has 0 bridgehead atoms. The minimum atomic E-state index is -0.222. The molecule has 1 aliphatic rings. The molecule has 1 unspecified atom stereocenters. The van der Waals surface area contributed by atoms with Crippen molar-refractivity contribution in [3.63, 3.8) is 0 Å². The van der Waals surface area contributed by atoms with E-state index in [2.05, 4.69) is 5.32 Å². The lowest BCUT2D eigenvalue weighted by molar-refractivity contribution is -0.123. The van der Waals surface area contributed by atoms with Crippen LogP contribution in [0.2, 0.25) is 0 Å². The van der Waals surface area contributed by atoms with Crippen LogP contribution in [0.5, 0.6) is 0 Å². The molecule has 0 heterocycles. The summed E-state index contributed by atoms with van der Waals surface area (Å²) in [5, 5.41) is 11.9. The predicted octanol–water partition coefficient (Wildman–Crippen LogP) is 1.45. The van der Waals surface area contributed by atoms with Crippen molar-refractivity contribution in [3.8, 4) is 0 Å². The summed E-state index contributed by atoms with van der Waals surface area (Å²) in [5.74, 6) is 0.774. The van der Waals surface area contributed by atoms with Gasteiger partial charge in [-0.3, -0.25) is 4.79 Å². The molecule has 1 amide bonds. The van der Waals surface area contributed by atoms with Crippen LogP contribution < -0.4 is 5.32 Å². The molecule has 0 radical (unpaired) electrons. The third-order valence-corrected chi connectivity index (χ3v) is 3.06. The van der Waals surface area contributed by atoms with Crippen molar-refractivity contribution in [1.82, 2.24) is 5.32 Å². The Morgan fingerprint density at radius 3 is 2.64 bits per heavy atom. The van der Waals surface area contributed by atoms with Crippen LogP contribution in [0.15, 0.2) is 0 Å². The van der Waals surface area contributed by atoms with Crippen LogP contribution in [-0.2, 0) is 4.79 Å². The standard InChI is InChI=1S/C11H21NO2/c1-3-11(2,6-7-13)12-10(14)8-9-4-5-9/h9,13H,3-8H2,1-2H3,(H,12,14). The van der Waals surface area contributed by atoms with E-state index in [1.807, 2.05) is 13.8 Å². The van der Waals surface area contributed by atoms with Gasteiger partial charge in [0, 0.05) is 18.6 Å². The van der Waals surface area contributed by atoms with E-state index in [1.165, 1.54) is 12.8 Å². The lowest BCUT2D eigenvalue weighted by Gasteiger charge is -2.29. The fraction of sp³-hybridized carbons (Fsp3) is 0.909. The topological polar surface area (TPSA) is 49.3 Å². The van der Waals surface area contributed by atoms with Crippen molar-refractivity contribution in [2.24, 2.45) is 5.92 Å². The van der Waals surface area contributed by atoms with E-state index in [4.69, 9.17) is 5.11 Å². The fourth-order valence-electron chi connectivity index (χ4n) is 1.55. The Kier molecular flexibility index (Phi) is 3.93. The predicted molar refractivity (Wildman–Crippen MR) is 55.9 cm³/mol. The maximum atomic E-state index is 11.6. The second-order valence-corrected chi connectivity index (χ2v) is 4.58. The third-order valence-electron chi connectivity index (χ3n) is 3.06. The molecule has 3 nitrogen and oxygen atoms in total. The largest absolute Gasteiger partial charge is 0.396 e. The van der Waals surface area contributed by atoms with Crippen LogP contribution in [0, 0.1) is 5.92 Å². The Labute approximate surface area is 85.9 Å². The Balaban J connectivity index is 2.33. The highest BCUT2D eigenvalue weighted by atomic mass is 16.3. The molecule has 1 fully saturated rings. The number of aliphatic hydroxyl groups is 1. The van der Waals surface area contributed by atoms with Crippen molar-refractivity contribution in [2.45, 2.75) is 51.5 Å². The SMILES string of the molecule is CCC(C)(CCO)NC(=O)CC1CC1. The summed E-state index contributed by atoms with van der Waals surface area (Å²) in [6.45, 7) is 4.16. The first-order chi connectivity index (χ1) is 6.59. The monoisotopic (exact) mass is 199 g/mol. The molecule has 14 heavy (non-hydrogen) atoms. The van der Waals surface area contributed by atoms with Gasteiger partial charge in [0.25, 0.3) is 0 Å². The van der Waals surface area contributed by atoms with Crippen molar-refractivity contribution >= 4 is 5.91 Å². The van der Waals surface area contributed by atoms with Crippen LogP contribution in [0.1, 0.15) is 46.0 Å². The Morgan fingerprint density at radius 1 is 1.57 bits per heavy atom. The molecule has 1 aliphatic carbocycles. The van der Waals surface area contributed by atoms with Gasteiger partial charge in [-0.05, 0) is 38.5 Å². The van der Waals surface area contributed by atoms with Gasteiger partial charge in [0.2, 0.25) is 5.91 Å². The molecule has 0 aromatic rings. The summed E-state index contributed by atoms with van der Waals surface area (Å²) in [7, 11) is 0. The first-order valence-corrected chi connectivity index (χ1v) is 5.51. The first-order valence-electron chi connectivity index (χ1n) is 5.51. The van der Waals surface area contributed by atoms with E-state index < -0.39 is 0 Å². The molecule has 1 saturated carbocycles. The summed E-state index contributed by atoms with van der Waals surface area (Å²) in [6.07, 6.45) is 4.58. The zero-order valence-electron chi connectivity index (χ0n) is 9.18. The van der Waals surface area contributed by atoms with Gasteiger partial charge in [0.1, 0.15) is 0 Å². The molecule has 0 spiro atoms. The summed E-state index contributed by atoms with van der Waals surface area (Å²) in [4.78, 5) is 11.6. The zero-order valence-corrected chi connectivity index (χ0v) is 9.18. The number of hydrogen-bond acceptors (Lipinski definition) is 2. The van der Waals surface area contributed by atoms with Gasteiger partial charge in [-0.2, -0.15) is 0 Å². The van der Waals surface area contributed by atoms with E-state index in [0.717, 1.165) is 6.42 Å². The Hall–Kier alpha value is -0.570. The highest BCUT2D eigenvalue weighted by Crippen LogP contribution is 2.32. The number of amides is 1. The number of rotatable bonds is 6. The quantitative estimate of drug-likeness (QED) is 0.680. The smallest absolute Gasteiger partial charge is 0.220 e. The van der Waals surface area contributed by atoms with Crippen molar-refractivity contribution in [3.05, 3.63) is 0 Å². The van der Waals surface area contributed by atoms with Crippen LogP contribution in [0.3, 0.4) is 0 Å². The molecular weight excluding hydrogens is 178 g/mol. The molecule has 3 heteroatoms. The average molecular weight is 199 g/mol. The van der Waals surface area contributed by atoms with Gasteiger partial charge in [-0.15, -0.1) is 0 Å². The van der Waals surface area contributed by atoms with Gasteiger partial charge in [-0.25, -0.2) is 0 Å². The lowest BCUT2D eigenvalue weighted by Crippen LogP contribution is -2.46. The van der Waals surface area contributed by atoms with Crippen molar-refractivity contribution in [1.29, 1.82) is 0 Å². The average Bonchev–Trinajstić information content (AvgIpc) is 2.88. The van der Waals surface area contributed by atoms with E-state index >= 15 is 0 Å².